The van der Waals surface area contributed by atoms with Crippen molar-refractivity contribution in [3.63, 3.8) is 0 Å². The van der Waals surface area contributed by atoms with Gasteiger partial charge in [-0.3, -0.25) is 9.78 Å². The Kier molecular flexibility index (Phi) is 4.96. The van der Waals surface area contributed by atoms with Gasteiger partial charge in [0, 0.05) is 22.9 Å². The highest BCUT2D eigenvalue weighted by Gasteiger charge is 2.10. The number of pyridine rings is 1. The number of hydrogen-bond donors (Lipinski definition) is 2. The molecule has 0 saturated heterocycles. The SMILES string of the molecule is Cc1ccc(NC(=O)c2cncc(NC(C)C)c2)c(Br)c1. The number of halogens is 1. The summed E-state index contributed by atoms with van der Waals surface area (Å²) in [5.74, 6) is -0.181. The third kappa shape index (κ3) is 4.29. The van der Waals surface area contributed by atoms with Gasteiger partial charge in [0.1, 0.15) is 0 Å². The van der Waals surface area contributed by atoms with Crippen LogP contribution in [0.5, 0.6) is 0 Å². The lowest BCUT2D eigenvalue weighted by atomic mass is 10.2. The summed E-state index contributed by atoms with van der Waals surface area (Å²) in [7, 11) is 0. The fraction of sp³-hybridized carbons (Fsp3) is 0.250. The van der Waals surface area contributed by atoms with Gasteiger partial charge in [-0.15, -0.1) is 0 Å². The van der Waals surface area contributed by atoms with Crippen molar-refractivity contribution in [2.75, 3.05) is 10.6 Å². The first-order valence-electron chi connectivity index (χ1n) is 6.75. The van der Waals surface area contributed by atoms with Crippen LogP contribution in [0, 0.1) is 6.92 Å². The van der Waals surface area contributed by atoms with Gasteiger partial charge >= 0.3 is 0 Å². The van der Waals surface area contributed by atoms with Crippen LogP contribution in [0.2, 0.25) is 0 Å². The number of carbonyl (C=O) groups excluding carboxylic acids is 1. The Labute approximate surface area is 133 Å². The van der Waals surface area contributed by atoms with Crippen molar-refractivity contribution in [1.82, 2.24) is 4.98 Å². The molecular formula is C16H18BrN3O. The number of nitrogens with one attached hydrogen (secondary N) is 2. The molecule has 0 spiro atoms. The number of benzene rings is 1. The number of aryl methyl sites for hydroxylation is 1. The molecule has 0 unspecified atom stereocenters. The predicted octanol–water partition coefficient (Wildman–Crippen LogP) is 4.23. The van der Waals surface area contributed by atoms with E-state index in [9.17, 15) is 4.79 Å². The van der Waals surface area contributed by atoms with Crippen LogP contribution in [0.1, 0.15) is 29.8 Å². The van der Waals surface area contributed by atoms with E-state index in [0.717, 1.165) is 21.4 Å². The largest absolute Gasteiger partial charge is 0.382 e. The minimum absolute atomic E-state index is 0.181. The van der Waals surface area contributed by atoms with Gasteiger partial charge in [-0.1, -0.05) is 6.07 Å². The molecule has 4 nitrogen and oxygen atoms in total. The number of amides is 1. The maximum absolute atomic E-state index is 12.3. The number of hydrogen-bond acceptors (Lipinski definition) is 3. The van der Waals surface area contributed by atoms with E-state index in [2.05, 4.69) is 31.5 Å². The van der Waals surface area contributed by atoms with E-state index in [-0.39, 0.29) is 11.9 Å². The Balaban J connectivity index is 2.16. The van der Waals surface area contributed by atoms with Crippen LogP contribution in [0.3, 0.4) is 0 Å². The fourth-order valence-corrected chi connectivity index (χ4v) is 2.48. The zero-order valence-electron chi connectivity index (χ0n) is 12.3. The summed E-state index contributed by atoms with van der Waals surface area (Å²) in [5, 5.41) is 6.11. The summed E-state index contributed by atoms with van der Waals surface area (Å²) < 4.78 is 0.861. The summed E-state index contributed by atoms with van der Waals surface area (Å²) in [6.07, 6.45) is 3.27. The molecule has 110 valence electrons. The molecule has 0 aliphatic carbocycles. The Hall–Kier alpha value is -1.88. The van der Waals surface area contributed by atoms with Crippen molar-refractivity contribution < 1.29 is 4.79 Å². The summed E-state index contributed by atoms with van der Waals surface area (Å²) in [6, 6.07) is 7.88. The van der Waals surface area contributed by atoms with E-state index in [0.29, 0.717) is 5.56 Å². The average Bonchev–Trinajstić information content (AvgIpc) is 2.41. The van der Waals surface area contributed by atoms with Gasteiger partial charge in [0.15, 0.2) is 0 Å². The smallest absolute Gasteiger partial charge is 0.257 e. The first-order valence-corrected chi connectivity index (χ1v) is 7.54. The number of rotatable bonds is 4. The number of anilines is 2. The third-order valence-corrected chi connectivity index (χ3v) is 3.48. The lowest BCUT2D eigenvalue weighted by molar-refractivity contribution is 0.102. The zero-order valence-corrected chi connectivity index (χ0v) is 13.9. The average molecular weight is 348 g/mol. The lowest BCUT2D eigenvalue weighted by Gasteiger charge is -2.11. The Morgan fingerprint density at radius 1 is 1.24 bits per heavy atom. The lowest BCUT2D eigenvalue weighted by Crippen LogP contribution is -2.14. The van der Waals surface area contributed by atoms with Crippen LogP contribution in [-0.2, 0) is 0 Å². The highest BCUT2D eigenvalue weighted by Crippen LogP contribution is 2.24. The monoisotopic (exact) mass is 347 g/mol. The molecule has 0 aliphatic heterocycles. The number of aromatic nitrogens is 1. The first-order chi connectivity index (χ1) is 9.95. The van der Waals surface area contributed by atoms with Crippen LogP contribution in [0.4, 0.5) is 11.4 Å². The molecule has 0 atom stereocenters. The summed E-state index contributed by atoms with van der Waals surface area (Å²) in [6.45, 7) is 6.08. The molecular weight excluding hydrogens is 330 g/mol. The molecule has 0 bridgehead atoms. The molecule has 0 radical (unpaired) electrons. The highest BCUT2D eigenvalue weighted by molar-refractivity contribution is 9.10. The van der Waals surface area contributed by atoms with E-state index in [1.165, 1.54) is 0 Å². The topological polar surface area (TPSA) is 54.0 Å². The van der Waals surface area contributed by atoms with E-state index in [1.807, 2.05) is 39.0 Å². The van der Waals surface area contributed by atoms with Crippen molar-refractivity contribution in [1.29, 1.82) is 0 Å². The zero-order chi connectivity index (χ0) is 15.4. The normalized spacial score (nSPS) is 10.5. The second kappa shape index (κ2) is 6.72. The van der Waals surface area contributed by atoms with Crippen LogP contribution in [-0.4, -0.2) is 16.9 Å². The van der Waals surface area contributed by atoms with E-state index >= 15 is 0 Å². The molecule has 0 fully saturated rings. The summed E-state index contributed by atoms with van der Waals surface area (Å²) >= 11 is 3.45. The minimum Gasteiger partial charge on any atom is -0.382 e. The van der Waals surface area contributed by atoms with Crippen LogP contribution in [0.15, 0.2) is 41.1 Å². The van der Waals surface area contributed by atoms with Gasteiger partial charge in [-0.2, -0.15) is 0 Å². The number of nitrogens with zero attached hydrogens (tertiary/aromatic N) is 1. The summed E-state index contributed by atoms with van der Waals surface area (Å²) in [5.41, 5.74) is 3.23. The Morgan fingerprint density at radius 2 is 2.00 bits per heavy atom. The quantitative estimate of drug-likeness (QED) is 0.870. The maximum Gasteiger partial charge on any atom is 0.257 e. The molecule has 2 aromatic rings. The molecule has 1 amide bonds. The van der Waals surface area contributed by atoms with Gasteiger partial charge in [0.2, 0.25) is 0 Å². The summed E-state index contributed by atoms with van der Waals surface area (Å²) in [4.78, 5) is 16.4. The Bertz CT molecular complexity index is 656. The molecule has 5 heteroatoms. The highest BCUT2D eigenvalue weighted by atomic mass is 79.9. The molecule has 21 heavy (non-hydrogen) atoms. The predicted molar refractivity (Wildman–Crippen MR) is 89.8 cm³/mol. The second-order valence-electron chi connectivity index (χ2n) is 5.20. The molecule has 2 N–H and O–H groups in total. The van der Waals surface area contributed by atoms with Crippen LogP contribution < -0.4 is 10.6 Å². The molecule has 0 aliphatic rings. The molecule has 1 heterocycles. The molecule has 2 rings (SSSR count). The number of carbonyl (C=O) groups is 1. The second-order valence-corrected chi connectivity index (χ2v) is 6.05. The van der Waals surface area contributed by atoms with Crippen molar-refractivity contribution in [3.05, 3.63) is 52.3 Å². The maximum atomic E-state index is 12.3. The standard InChI is InChI=1S/C16H18BrN3O/c1-10(2)19-13-7-12(8-18-9-13)16(21)20-15-5-4-11(3)6-14(15)17/h4-10,19H,1-3H3,(H,20,21). The van der Waals surface area contributed by atoms with Crippen molar-refractivity contribution in [3.8, 4) is 0 Å². The van der Waals surface area contributed by atoms with E-state index in [4.69, 9.17) is 0 Å². The van der Waals surface area contributed by atoms with Gasteiger partial charge in [0.05, 0.1) is 16.9 Å². The third-order valence-electron chi connectivity index (χ3n) is 2.83. The van der Waals surface area contributed by atoms with Gasteiger partial charge in [-0.05, 0) is 60.5 Å². The van der Waals surface area contributed by atoms with Crippen molar-refractivity contribution in [2.45, 2.75) is 26.8 Å². The Morgan fingerprint density at radius 3 is 2.67 bits per heavy atom. The first kappa shape index (κ1) is 15.5. The van der Waals surface area contributed by atoms with E-state index < -0.39 is 0 Å². The van der Waals surface area contributed by atoms with Crippen molar-refractivity contribution in [2.24, 2.45) is 0 Å². The van der Waals surface area contributed by atoms with Crippen molar-refractivity contribution >= 4 is 33.2 Å². The fourth-order valence-electron chi connectivity index (χ4n) is 1.89. The van der Waals surface area contributed by atoms with E-state index in [1.54, 1.807) is 18.5 Å². The molecule has 1 aromatic heterocycles. The molecule has 1 aromatic carbocycles. The van der Waals surface area contributed by atoms with Gasteiger partial charge in [-0.25, -0.2) is 0 Å². The van der Waals surface area contributed by atoms with Gasteiger partial charge < -0.3 is 10.6 Å². The minimum atomic E-state index is -0.181. The van der Waals surface area contributed by atoms with Gasteiger partial charge in [0.25, 0.3) is 5.91 Å². The molecule has 0 saturated carbocycles. The van der Waals surface area contributed by atoms with Crippen LogP contribution in [0.25, 0.3) is 0 Å². The van der Waals surface area contributed by atoms with Crippen LogP contribution >= 0.6 is 15.9 Å².